The van der Waals surface area contributed by atoms with Crippen LogP contribution in [0, 0.1) is 0 Å². The van der Waals surface area contributed by atoms with Gasteiger partial charge in [0.25, 0.3) is 5.91 Å². The molecule has 0 aliphatic heterocycles. The van der Waals surface area contributed by atoms with Crippen LogP contribution in [0.25, 0.3) is 0 Å². The van der Waals surface area contributed by atoms with Crippen molar-refractivity contribution in [3.8, 4) is 0 Å². The van der Waals surface area contributed by atoms with Crippen molar-refractivity contribution in [3.63, 3.8) is 0 Å². The van der Waals surface area contributed by atoms with Gasteiger partial charge in [0, 0.05) is 24.3 Å². The van der Waals surface area contributed by atoms with Crippen molar-refractivity contribution in [3.05, 3.63) is 29.8 Å². The average molecular weight is 218 g/mol. The fourth-order valence-corrected chi connectivity index (χ4v) is 2.17. The first-order valence-corrected chi connectivity index (χ1v) is 5.88. The molecule has 1 saturated carbocycles. The summed E-state index contributed by atoms with van der Waals surface area (Å²) in [4.78, 5) is 11.3. The second kappa shape index (κ2) is 5.01. The Balaban J connectivity index is 1.98. The van der Waals surface area contributed by atoms with E-state index >= 15 is 0 Å². The number of carbonyl (C=O) groups excluding carboxylic acids is 1. The molecule has 0 unspecified atom stereocenters. The van der Waals surface area contributed by atoms with Crippen LogP contribution in [0.5, 0.6) is 0 Å². The van der Waals surface area contributed by atoms with Crippen molar-refractivity contribution < 1.29 is 4.79 Å². The van der Waals surface area contributed by atoms with Gasteiger partial charge in [0.2, 0.25) is 0 Å². The van der Waals surface area contributed by atoms with Crippen LogP contribution in [0.2, 0.25) is 0 Å². The molecule has 2 N–H and O–H groups in total. The number of amides is 1. The van der Waals surface area contributed by atoms with Crippen LogP contribution < -0.4 is 10.6 Å². The zero-order chi connectivity index (χ0) is 11.4. The van der Waals surface area contributed by atoms with Crippen molar-refractivity contribution in [2.24, 2.45) is 0 Å². The highest BCUT2D eigenvalue weighted by Crippen LogP contribution is 2.22. The lowest BCUT2D eigenvalue weighted by Gasteiger charge is -2.13. The maximum atomic E-state index is 11.3. The summed E-state index contributed by atoms with van der Waals surface area (Å²) in [6.07, 6.45) is 5.18. The fraction of sp³-hybridized carbons (Fsp3) is 0.462. The first-order chi connectivity index (χ1) is 7.79. The molecule has 0 aromatic heterocycles. The van der Waals surface area contributed by atoms with E-state index < -0.39 is 0 Å². The molecule has 1 aliphatic carbocycles. The van der Waals surface area contributed by atoms with Crippen LogP contribution in [0.1, 0.15) is 36.0 Å². The SMILES string of the molecule is CNC(=O)c1ccc(NC2CCCC2)cc1. The highest BCUT2D eigenvalue weighted by Gasteiger charge is 2.14. The molecule has 0 radical (unpaired) electrons. The van der Waals surface area contributed by atoms with Crippen LogP contribution in [-0.2, 0) is 0 Å². The zero-order valence-electron chi connectivity index (χ0n) is 9.62. The molecule has 0 spiro atoms. The van der Waals surface area contributed by atoms with E-state index in [1.54, 1.807) is 7.05 Å². The van der Waals surface area contributed by atoms with Gasteiger partial charge in [-0.15, -0.1) is 0 Å². The van der Waals surface area contributed by atoms with E-state index in [1.807, 2.05) is 24.3 Å². The smallest absolute Gasteiger partial charge is 0.251 e. The van der Waals surface area contributed by atoms with Crippen LogP contribution in [0.15, 0.2) is 24.3 Å². The lowest BCUT2D eigenvalue weighted by atomic mass is 10.1. The molecule has 0 saturated heterocycles. The minimum absolute atomic E-state index is 0.0348. The summed E-state index contributed by atoms with van der Waals surface area (Å²) in [7, 11) is 1.65. The Morgan fingerprint density at radius 1 is 1.19 bits per heavy atom. The van der Waals surface area contributed by atoms with Crippen LogP contribution in [-0.4, -0.2) is 19.0 Å². The summed E-state index contributed by atoms with van der Waals surface area (Å²) in [5, 5.41) is 6.11. The highest BCUT2D eigenvalue weighted by atomic mass is 16.1. The van der Waals surface area contributed by atoms with Gasteiger partial charge in [-0.05, 0) is 37.1 Å². The summed E-state index contributed by atoms with van der Waals surface area (Å²) in [6.45, 7) is 0. The second-order valence-corrected chi connectivity index (χ2v) is 4.28. The third-order valence-electron chi connectivity index (χ3n) is 3.10. The number of rotatable bonds is 3. The van der Waals surface area contributed by atoms with Crippen molar-refractivity contribution in [1.82, 2.24) is 5.32 Å². The molecule has 1 amide bonds. The van der Waals surface area contributed by atoms with Gasteiger partial charge in [-0.25, -0.2) is 0 Å². The van der Waals surface area contributed by atoms with Crippen molar-refractivity contribution in [2.45, 2.75) is 31.7 Å². The number of nitrogens with one attached hydrogen (secondary N) is 2. The molecule has 0 heterocycles. The van der Waals surface area contributed by atoms with Gasteiger partial charge in [-0.1, -0.05) is 12.8 Å². The Morgan fingerprint density at radius 2 is 1.81 bits per heavy atom. The molecular formula is C13H18N2O. The predicted molar refractivity (Wildman–Crippen MR) is 65.7 cm³/mol. The highest BCUT2D eigenvalue weighted by molar-refractivity contribution is 5.94. The molecule has 86 valence electrons. The Bertz CT molecular complexity index is 353. The lowest BCUT2D eigenvalue weighted by Crippen LogP contribution is -2.18. The van der Waals surface area contributed by atoms with E-state index in [4.69, 9.17) is 0 Å². The standard InChI is InChI=1S/C13H18N2O/c1-14-13(16)10-6-8-12(9-7-10)15-11-4-2-3-5-11/h6-9,11,15H,2-5H2,1H3,(H,14,16). The first-order valence-electron chi connectivity index (χ1n) is 5.88. The van der Waals surface area contributed by atoms with E-state index in [-0.39, 0.29) is 5.91 Å². The summed E-state index contributed by atoms with van der Waals surface area (Å²) in [5.74, 6) is -0.0348. The minimum Gasteiger partial charge on any atom is -0.382 e. The monoisotopic (exact) mass is 218 g/mol. The van der Waals surface area contributed by atoms with Gasteiger partial charge in [-0.2, -0.15) is 0 Å². The van der Waals surface area contributed by atoms with Crippen molar-refractivity contribution in [2.75, 3.05) is 12.4 Å². The van der Waals surface area contributed by atoms with Crippen LogP contribution in [0.4, 0.5) is 5.69 Å². The van der Waals surface area contributed by atoms with Gasteiger partial charge >= 0.3 is 0 Å². The predicted octanol–water partition coefficient (Wildman–Crippen LogP) is 2.40. The molecule has 1 aromatic carbocycles. The molecule has 1 fully saturated rings. The molecule has 0 bridgehead atoms. The number of benzene rings is 1. The second-order valence-electron chi connectivity index (χ2n) is 4.28. The van der Waals surface area contributed by atoms with E-state index in [9.17, 15) is 4.79 Å². The molecule has 16 heavy (non-hydrogen) atoms. The van der Waals surface area contributed by atoms with Crippen molar-refractivity contribution >= 4 is 11.6 Å². The zero-order valence-corrected chi connectivity index (χ0v) is 9.62. The van der Waals surface area contributed by atoms with E-state index in [1.165, 1.54) is 25.7 Å². The number of hydrogen-bond acceptors (Lipinski definition) is 2. The summed E-state index contributed by atoms with van der Waals surface area (Å²) in [6, 6.07) is 8.28. The molecule has 3 heteroatoms. The molecule has 2 rings (SSSR count). The van der Waals surface area contributed by atoms with E-state index in [0.29, 0.717) is 11.6 Å². The molecule has 1 aromatic rings. The number of carbonyl (C=O) groups is 1. The minimum atomic E-state index is -0.0348. The molecular weight excluding hydrogens is 200 g/mol. The van der Waals surface area contributed by atoms with Crippen LogP contribution >= 0.6 is 0 Å². The fourth-order valence-electron chi connectivity index (χ4n) is 2.17. The largest absolute Gasteiger partial charge is 0.382 e. The van der Waals surface area contributed by atoms with Gasteiger partial charge < -0.3 is 10.6 Å². The first kappa shape index (κ1) is 11.0. The van der Waals surface area contributed by atoms with Gasteiger partial charge in [0.1, 0.15) is 0 Å². The Hall–Kier alpha value is -1.51. The Labute approximate surface area is 96.2 Å². The van der Waals surface area contributed by atoms with Gasteiger partial charge in [0.15, 0.2) is 0 Å². The number of anilines is 1. The third-order valence-corrected chi connectivity index (χ3v) is 3.10. The normalized spacial score (nSPS) is 16.1. The maximum absolute atomic E-state index is 11.3. The third kappa shape index (κ3) is 2.54. The molecule has 3 nitrogen and oxygen atoms in total. The van der Waals surface area contributed by atoms with E-state index in [0.717, 1.165) is 5.69 Å². The summed E-state index contributed by atoms with van der Waals surface area (Å²) >= 11 is 0. The topological polar surface area (TPSA) is 41.1 Å². The van der Waals surface area contributed by atoms with E-state index in [2.05, 4.69) is 10.6 Å². The van der Waals surface area contributed by atoms with Crippen LogP contribution in [0.3, 0.4) is 0 Å². The maximum Gasteiger partial charge on any atom is 0.251 e. The quantitative estimate of drug-likeness (QED) is 0.818. The Morgan fingerprint density at radius 3 is 2.38 bits per heavy atom. The van der Waals surface area contributed by atoms with Gasteiger partial charge in [0.05, 0.1) is 0 Å². The molecule has 1 aliphatic rings. The summed E-state index contributed by atoms with van der Waals surface area (Å²) in [5.41, 5.74) is 1.82. The average Bonchev–Trinajstić information content (AvgIpc) is 2.82. The lowest BCUT2D eigenvalue weighted by molar-refractivity contribution is 0.0963. The van der Waals surface area contributed by atoms with Crippen molar-refractivity contribution in [1.29, 1.82) is 0 Å². The molecule has 0 atom stereocenters. The summed E-state index contributed by atoms with van der Waals surface area (Å²) < 4.78 is 0. The number of hydrogen-bond donors (Lipinski definition) is 2. The van der Waals surface area contributed by atoms with Gasteiger partial charge in [-0.3, -0.25) is 4.79 Å². The Kier molecular flexibility index (Phi) is 3.44.